The Morgan fingerprint density at radius 1 is 1.15 bits per heavy atom. The smallest absolute Gasteiger partial charge is 0.471 e. The highest BCUT2D eigenvalue weighted by atomic mass is 19.4. The molecule has 0 radical (unpaired) electrons. The van der Waals surface area contributed by atoms with Crippen molar-refractivity contribution < 1.29 is 37.0 Å². The molecule has 7 nitrogen and oxygen atoms in total. The molecule has 11 heteroatoms. The Kier molecular flexibility index (Phi) is 8.08. The lowest BCUT2D eigenvalue weighted by Gasteiger charge is -2.28. The highest BCUT2D eigenvalue weighted by Gasteiger charge is 2.43. The number of pyridine rings is 1. The van der Waals surface area contributed by atoms with Crippen molar-refractivity contribution in [3.05, 3.63) is 77.2 Å². The third-order valence-corrected chi connectivity index (χ3v) is 6.57. The quantitative estimate of drug-likeness (QED) is 0.326. The number of fused-ring (bicyclic) bond motifs is 1. The van der Waals surface area contributed by atoms with Gasteiger partial charge in [-0.25, -0.2) is 9.37 Å². The monoisotopic (exact) mass is 545 g/mol. The zero-order valence-electron chi connectivity index (χ0n) is 21.3. The third kappa shape index (κ3) is 6.13. The number of aromatic nitrogens is 1. The van der Waals surface area contributed by atoms with Crippen molar-refractivity contribution in [3.8, 4) is 5.75 Å². The van der Waals surface area contributed by atoms with Gasteiger partial charge in [0.1, 0.15) is 17.4 Å². The topological polar surface area (TPSA) is 83.0 Å². The van der Waals surface area contributed by atoms with Gasteiger partial charge in [-0.2, -0.15) is 13.2 Å². The summed E-state index contributed by atoms with van der Waals surface area (Å²) in [6.07, 6.45) is -3.50. The molecule has 0 unspecified atom stereocenters. The van der Waals surface area contributed by atoms with Gasteiger partial charge in [0, 0.05) is 35.5 Å². The van der Waals surface area contributed by atoms with Crippen molar-refractivity contribution in [2.45, 2.75) is 45.3 Å². The van der Waals surface area contributed by atoms with E-state index in [1.54, 1.807) is 25.1 Å². The number of rotatable bonds is 9. The largest absolute Gasteiger partial charge is 0.493 e. The Bertz CT molecular complexity index is 1360. The molecule has 2 aromatic carbocycles. The molecule has 39 heavy (non-hydrogen) atoms. The molecule has 206 valence electrons. The van der Waals surface area contributed by atoms with Crippen LogP contribution in [0.1, 0.15) is 42.4 Å². The first-order valence-corrected chi connectivity index (χ1v) is 12.3. The summed E-state index contributed by atoms with van der Waals surface area (Å²) in [5, 5.41) is 9.12. The van der Waals surface area contributed by atoms with E-state index < -0.39 is 29.8 Å². The van der Waals surface area contributed by atoms with Gasteiger partial charge in [0.25, 0.3) is 0 Å². The lowest BCUT2D eigenvalue weighted by molar-refractivity contribution is -0.170. The maximum Gasteiger partial charge on any atom is 0.471 e. The Balaban J connectivity index is 1.71. The first kappa shape index (κ1) is 27.9. The number of carbonyl (C=O) groups excluding carboxylic acids is 1. The van der Waals surface area contributed by atoms with Crippen LogP contribution in [0.3, 0.4) is 0 Å². The van der Waals surface area contributed by atoms with Gasteiger partial charge >= 0.3 is 18.1 Å². The molecular weight excluding hydrogens is 518 g/mol. The average molecular weight is 546 g/mol. The zero-order chi connectivity index (χ0) is 28.3. The van der Waals surface area contributed by atoms with Crippen LogP contribution in [0, 0.1) is 12.7 Å². The second kappa shape index (κ2) is 11.3. The van der Waals surface area contributed by atoms with Crippen molar-refractivity contribution in [1.29, 1.82) is 0 Å². The van der Waals surface area contributed by atoms with Crippen LogP contribution >= 0.6 is 0 Å². The molecule has 0 saturated carbocycles. The number of hydrogen-bond donors (Lipinski definition) is 1. The second-order valence-electron chi connectivity index (χ2n) is 9.26. The number of alkyl halides is 3. The Hall–Kier alpha value is -4.15. The van der Waals surface area contributed by atoms with Gasteiger partial charge < -0.3 is 19.6 Å². The van der Waals surface area contributed by atoms with Gasteiger partial charge in [-0.05, 0) is 48.7 Å². The van der Waals surface area contributed by atoms with Crippen LogP contribution in [0.25, 0.3) is 0 Å². The number of carboxylic acids is 1. The van der Waals surface area contributed by atoms with Crippen molar-refractivity contribution in [2.24, 2.45) is 0 Å². The van der Waals surface area contributed by atoms with E-state index in [9.17, 15) is 27.2 Å². The summed E-state index contributed by atoms with van der Waals surface area (Å²) < 4.78 is 60.1. The fraction of sp³-hybridized carbons (Fsp3) is 0.321. The lowest BCUT2D eigenvalue weighted by Crippen LogP contribution is -2.41. The van der Waals surface area contributed by atoms with Gasteiger partial charge in [-0.1, -0.05) is 25.1 Å². The van der Waals surface area contributed by atoms with Crippen LogP contribution in [0.4, 0.5) is 34.8 Å². The van der Waals surface area contributed by atoms with Gasteiger partial charge in [0.15, 0.2) is 0 Å². The number of halogens is 4. The van der Waals surface area contributed by atoms with Crippen LogP contribution in [-0.2, 0) is 16.1 Å². The summed E-state index contributed by atoms with van der Waals surface area (Å²) in [5.41, 5.74) is 2.32. The van der Waals surface area contributed by atoms with Crippen LogP contribution < -0.4 is 14.5 Å². The number of carbonyl (C=O) groups is 2. The summed E-state index contributed by atoms with van der Waals surface area (Å²) in [7, 11) is 0. The molecule has 0 spiro atoms. The summed E-state index contributed by atoms with van der Waals surface area (Å²) in [5.74, 6) is -3.25. The first-order chi connectivity index (χ1) is 18.5. The number of anilines is 3. The number of benzene rings is 2. The summed E-state index contributed by atoms with van der Waals surface area (Å²) in [6.45, 7) is 3.93. The summed E-state index contributed by atoms with van der Waals surface area (Å²) in [6, 6.07) is 12.1. The number of amides is 1. The van der Waals surface area contributed by atoms with Crippen LogP contribution in [0.5, 0.6) is 5.75 Å². The Morgan fingerprint density at radius 3 is 2.56 bits per heavy atom. The molecule has 1 N–H and O–H groups in total. The molecule has 3 aromatic rings. The normalized spacial score (nSPS) is 14.5. The van der Waals surface area contributed by atoms with Gasteiger partial charge in [0.2, 0.25) is 0 Å². The Morgan fingerprint density at radius 2 is 1.92 bits per heavy atom. The van der Waals surface area contributed by atoms with E-state index in [0.717, 1.165) is 12.6 Å². The maximum absolute atomic E-state index is 13.7. The summed E-state index contributed by atoms with van der Waals surface area (Å²) in [4.78, 5) is 30.4. The highest BCUT2D eigenvalue weighted by Crippen LogP contribution is 2.40. The van der Waals surface area contributed by atoms with E-state index in [-0.39, 0.29) is 31.0 Å². The molecule has 1 aliphatic rings. The van der Waals surface area contributed by atoms with Crippen molar-refractivity contribution >= 4 is 29.1 Å². The number of nitrogens with zero attached hydrogens (tertiary/aromatic N) is 3. The molecule has 2 heterocycles. The molecule has 4 rings (SSSR count). The maximum atomic E-state index is 13.7. The molecule has 1 amide bonds. The van der Waals surface area contributed by atoms with Crippen LogP contribution in [0.2, 0.25) is 0 Å². The minimum atomic E-state index is -5.14. The van der Waals surface area contributed by atoms with Gasteiger partial charge in [0.05, 0.1) is 25.8 Å². The number of carboxylic acid groups (broad SMARTS) is 1. The number of hydrogen-bond acceptors (Lipinski definition) is 5. The Labute approximate surface area is 222 Å². The highest BCUT2D eigenvalue weighted by molar-refractivity contribution is 5.97. The predicted octanol–water partition coefficient (Wildman–Crippen LogP) is 6.12. The minimum absolute atomic E-state index is 0.0255. The standard InChI is InChI=1S/C28H27F4N3O4/c1-3-11-34(25-10-7-20(29)14-33-25)23-6-4-5-18(17(23)2)15-35(27(38)28(30,31)32)21-8-9-22-19(12-26(36)37)16-39-24(22)13-21/h4-10,13-14,19H,3,11-12,15-16H2,1-2H3,(H,36,37)/t19-/m1/s1. The molecule has 0 aliphatic carbocycles. The second-order valence-corrected chi connectivity index (χ2v) is 9.26. The third-order valence-electron chi connectivity index (χ3n) is 6.57. The molecule has 0 saturated heterocycles. The van der Waals surface area contributed by atoms with Gasteiger partial charge in [-0.3, -0.25) is 9.59 Å². The van der Waals surface area contributed by atoms with Crippen molar-refractivity contribution in [1.82, 2.24) is 4.98 Å². The van der Waals surface area contributed by atoms with E-state index in [4.69, 9.17) is 9.84 Å². The number of aliphatic carboxylic acids is 1. The molecule has 1 atom stereocenters. The molecule has 0 fully saturated rings. The molecule has 1 aromatic heterocycles. The summed E-state index contributed by atoms with van der Waals surface area (Å²) >= 11 is 0. The predicted molar refractivity (Wildman–Crippen MR) is 137 cm³/mol. The minimum Gasteiger partial charge on any atom is -0.493 e. The zero-order valence-corrected chi connectivity index (χ0v) is 21.3. The molecule has 1 aliphatic heterocycles. The molecule has 0 bridgehead atoms. The fourth-order valence-corrected chi connectivity index (χ4v) is 4.66. The fourth-order valence-electron chi connectivity index (χ4n) is 4.66. The van der Waals surface area contributed by atoms with Crippen LogP contribution in [0.15, 0.2) is 54.7 Å². The van der Waals surface area contributed by atoms with Gasteiger partial charge in [-0.15, -0.1) is 0 Å². The lowest BCUT2D eigenvalue weighted by atomic mass is 9.97. The van der Waals surface area contributed by atoms with Crippen molar-refractivity contribution in [3.63, 3.8) is 0 Å². The van der Waals surface area contributed by atoms with E-state index >= 15 is 0 Å². The SMILES string of the molecule is CCCN(c1ccc(F)cn1)c1cccc(CN(C(=O)C(F)(F)F)c2ccc3c(c2)OC[C@H]3CC(=O)O)c1C. The van der Waals surface area contributed by atoms with Crippen LogP contribution in [-0.4, -0.2) is 41.3 Å². The van der Waals surface area contributed by atoms with E-state index in [1.807, 2.05) is 11.8 Å². The van der Waals surface area contributed by atoms with E-state index in [2.05, 4.69) is 4.98 Å². The first-order valence-electron chi connectivity index (χ1n) is 12.3. The number of ether oxygens (including phenoxy) is 1. The molecular formula is C28H27F4N3O4. The van der Waals surface area contributed by atoms with E-state index in [0.29, 0.717) is 39.6 Å². The van der Waals surface area contributed by atoms with E-state index in [1.165, 1.54) is 30.3 Å². The average Bonchev–Trinajstić information content (AvgIpc) is 3.28. The van der Waals surface area contributed by atoms with Crippen molar-refractivity contribution in [2.75, 3.05) is 23.0 Å².